The minimum Gasteiger partial charge on any atom is -0.496 e. The van der Waals surface area contributed by atoms with Crippen molar-refractivity contribution in [1.82, 2.24) is 14.8 Å². The van der Waals surface area contributed by atoms with E-state index in [4.69, 9.17) is 9.47 Å². The molecule has 0 saturated carbocycles. The highest BCUT2D eigenvalue weighted by molar-refractivity contribution is 7.99. The number of rotatable bonds is 9. The quantitative estimate of drug-likeness (QED) is 0.307. The van der Waals surface area contributed by atoms with Crippen molar-refractivity contribution in [2.75, 3.05) is 19.5 Å². The van der Waals surface area contributed by atoms with Crippen molar-refractivity contribution >= 4 is 11.8 Å². The minimum absolute atomic E-state index is 0.596. The Morgan fingerprint density at radius 1 is 1.15 bits per heavy atom. The molecular formula is C21H23N3O2S. The molecule has 0 unspecified atom stereocenters. The summed E-state index contributed by atoms with van der Waals surface area (Å²) >= 11 is 1.62. The van der Waals surface area contributed by atoms with E-state index in [-0.39, 0.29) is 0 Å². The van der Waals surface area contributed by atoms with Crippen molar-refractivity contribution in [3.05, 3.63) is 66.7 Å². The zero-order valence-corrected chi connectivity index (χ0v) is 16.4. The lowest BCUT2D eigenvalue weighted by molar-refractivity contribution is 0.343. The topological polar surface area (TPSA) is 49.2 Å². The smallest absolute Gasteiger partial charge is 0.191 e. The van der Waals surface area contributed by atoms with Gasteiger partial charge < -0.3 is 9.47 Å². The summed E-state index contributed by atoms with van der Waals surface area (Å²) in [5, 5.41) is 9.58. The Hall–Kier alpha value is -2.73. The van der Waals surface area contributed by atoms with E-state index in [1.807, 2.05) is 53.1 Å². The molecule has 140 valence electrons. The van der Waals surface area contributed by atoms with Crippen LogP contribution in [0.4, 0.5) is 0 Å². The monoisotopic (exact) mass is 381 g/mol. The number of thioether (sulfide) groups is 1. The second kappa shape index (κ2) is 9.28. The van der Waals surface area contributed by atoms with E-state index in [2.05, 4.69) is 29.8 Å². The SMILES string of the molecule is C=CCn1c(SCCOc2cccc(C)c2)nnc1-c1ccccc1OC. The molecule has 0 bridgehead atoms. The molecule has 0 saturated heterocycles. The molecule has 0 atom stereocenters. The van der Waals surface area contributed by atoms with E-state index < -0.39 is 0 Å². The predicted octanol–water partition coefficient (Wildman–Crippen LogP) is 4.62. The first-order valence-electron chi connectivity index (χ1n) is 8.72. The average molecular weight is 382 g/mol. The van der Waals surface area contributed by atoms with Crippen molar-refractivity contribution < 1.29 is 9.47 Å². The average Bonchev–Trinajstić information content (AvgIpc) is 3.08. The minimum atomic E-state index is 0.596. The Balaban J connectivity index is 1.70. The van der Waals surface area contributed by atoms with Crippen LogP contribution in [0.3, 0.4) is 0 Å². The van der Waals surface area contributed by atoms with Crippen LogP contribution in [-0.2, 0) is 6.54 Å². The van der Waals surface area contributed by atoms with E-state index in [1.54, 1.807) is 18.9 Å². The van der Waals surface area contributed by atoms with Gasteiger partial charge in [-0.05, 0) is 36.8 Å². The summed E-state index contributed by atoms with van der Waals surface area (Å²) in [6.45, 7) is 7.13. The van der Waals surface area contributed by atoms with E-state index in [1.165, 1.54) is 5.56 Å². The van der Waals surface area contributed by atoms with Gasteiger partial charge in [-0.25, -0.2) is 0 Å². The van der Waals surface area contributed by atoms with E-state index in [0.29, 0.717) is 13.2 Å². The Kier molecular flexibility index (Phi) is 6.54. The lowest BCUT2D eigenvalue weighted by atomic mass is 10.2. The van der Waals surface area contributed by atoms with Gasteiger partial charge in [0, 0.05) is 12.3 Å². The largest absolute Gasteiger partial charge is 0.496 e. The Labute approximate surface area is 164 Å². The molecule has 1 heterocycles. The van der Waals surface area contributed by atoms with Gasteiger partial charge >= 0.3 is 0 Å². The molecule has 0 amide bonds. The van der Waals surface area contributed by atoms with Crippen molar-refractivity contribution in [2.24, 2.45) is 0 Å². The van der Waals surface area contributed by atoms with Gasteiger partial charge in [0.2, 0.25) is 0 Å². The Morgan fingerprint density at radius 3 is 2.78 bits per heavy atom. The molecular weight excluding hydrogens is 358 g/mol. The Bertz CT molecular complexity index is 908. The summed E-state index contributed by atoms with van der Waals surface area (Å²) in [7, 11) is 1.66. The fourth-order valence-electron chi connectivity index (χ4n) is 2.72. The van der Waals surface area contributed by atoms with Gasteiger partial charge in [-0.2, -0.15) is 0 Å². The zero-order chi connectivity index (χ0) is 19.1. The second-order valence-electron chi connectivity index (χ2n) is 5.92. The van der Waals surface area contributed by atoms with Gasteiger partial charge in [0.25, 0.3) is 0 Å². The molecule has 0 aliphatic carbocycles. The number of ether oxygens (including phenoxy) is 2. The van der Waals surface area contributed by atoms with Crippen LogP contribution in [0.25, 0.3) is 11.4 Å². The van der Waals surface area contributed by atoms with Gasteiger partial charge in [0.15, 0.2) is 11.0 Å². The van der Waals surface area contributed by atoms with Crippen LogP contribution >= 0.6 is 11.8 Å². The molecule has 1 aromatic heterocycles. The van der Waals surface area contributed by atoms with Crippen LogP contribution in [0, 0.1) is 6.92 Å². The molecule has 3 rings (SSSR count). The molecule has 5 nitrogen and oxygen atoms in total. The van der Waals surface area contributed by atoms with E-state index >= 15 is 0 Å². The number of aryl methyl sites for hydroxylation is 1. The summed E-state index contributed by atoms with van der Waals surface area (Å²) in [5.74, 6) is 3.21. The number of hydrogen-bond acceptors (Lipinski definition) is 5. The second-order valence-corrected chi connectivity index (χ2v) is 6.98. The number of methoxy groups -OCH3 is 1. The first-order chi connectivity index (χ1) is 13.2. The third-order valence-electron chi connectivity index (χ3n) is 3.95. The van der Waals surface area contributed by atoms with Crippen LogP contribution in [0.5, 0.6) is 11.5 Å². The highest BCUT2D eigenvalue weighted by Crippen LogP contribution is 2.30. The molecule has 0 radical (unpaired) electrons. The third-order valence-corrected chi connectivity index (χ3v) is 4.88. The van der Waals surface area contributed by atoms with Gasteiger partial charge in [0.1, 0.15) is 11.5 Å². The number of para-hydroxylation sites is 1. The van der Waals surface area contributed by atoms with Crippen molar-refractivity contribution in [2.45, 2.75) is 18.6 Å². The van der Waals surface area contributed by atoms with Crippen LogP contribution in [-0.4, -0.2) is 34.2 Å². The molecule has 0 spiro atoms. The summed E-state index contributed by atoms with van der Waals surface area (Å²) < 4.78 is 13.3. The van der Waals surface area contributed by atoms with Crippen molar-refractivity contribution in [3.8, 4) is 22.9 Å². The van der Waals surface area contributed by atoms with E-state index in [0.717, 1.165) is 33.8 Å². The van der Waals surface area contributed by atoms with Crippen molar-refractivity contribution in [1.29, 1.82) is 0 Å². The number of nitrogens with zero attached hydrogens (tertiary/aromatic N) is 3. The summed E-state index contributed by atoms with van der Waals surface area (Å²) in [4.78, 5) is 0. The fourth-order valence-corrected chi connectivity index (χ4v) is 3.48. The highest BCUT2D eigenvalue weighted by atomic mass is 32.2. The van der Waals surface area contributed by atoms with Crippen LogP contribution < -0.4 is 9.47 Å². The molecule has 6 heteroatoms. The fraction of sp³-hybridized carbons (Fsp3) is 0.238. The van der Waals surface area contributed by atoms with Gasteiger partial charge in [-0.3, -0.25) is 4.57 Å². The lowest BCUT2D eigenvalue weighted by Crippen LogP contribution is -2.04. The van der Waals surface area contributed by atoms with Crippen LogP contribution in [0.2, 0.25) is 0 Å². The van der Waals surface area contributed by atoms with Crippen molar-refractivity contribution in [3.63, 3.8) is 0 Å². The standard InChI is InChI=1S/C21H23N3O2S/c1-4-12-24-20(18-10-5-6-11-19(18)25-3)22-23-21(24)27-14-13-26-17-9-7-8-16(2)15-17/h4-11,15H,1,12-14H2,2-3H3. The van der Waals surface area contributed by atoms with E-state index in [9.17, 15) is 0 Å². The summed E-state index contributed by atoms with van der Waals surface area (Å²) in [6.07, 6.45) is 1.84. The van der Waals surface area contributed by atoms with Gasteiger partial charge in [-0.1, -0.05) is 42.1 Å². The number of hydrogen-bond donors (Lipinski definition) is 0. The molecule has 2 aromatic carbocycles. The normalized spacial score (nSPS) is 10.6. The zero-order valence-electron chi connectivity index (χ0n) is 15.6. The number of benzene rings is 2. The molecule has 27 heavy (non-hydrogen) atoms. The lowest BCUT2D eigenvalue weighted by Gasteiger charge is -2.11. The summed E-state index contributed by atoms with van der Waals surface area (Å²) in [5.41, 5.74) is 2.10. The maximum absolute atomic E-state index is 5.82. The Morgan fingerprint density at radius 2 is 2.00 bits per heavy atom. The molecule has 0 aliphatic heterocycles. The van der Waals surface area contributed by atoms with Crippen LogP contribution in [0.15, 0.2) is 66.3 Å². The number of aromatic nitrogens is 3. The maximum atomic E-state index is 5.82. The predicted molar refractivity (Wildman–Crippen MR) is 110 cm³/mol. The number of allylic oxidation sites excluding steroid dienone is 1. The van der Waals surface area contributed by atoms with Gasteiger partial charge in [-0.15, -0.1) is 16.8 Å². The van der Waals surface area contributed by atoms with Gasteiger partial charge in [0.05, 0.1) is 19.3 Å². The molecule has 3 aromatic rings. The summed E-state index contributed by atoms with van der Waals surface area (Å²) in [6, 6.07) is 15.9. The molecule has 0 aliphatic rings. The van der Waals surface area contributed by atoms with Crippen LogP contribution in [0.1, 0.15) is 5.56 Å². The highest BCUT2D eigenvalue weighted by Gasteiger charge is 2.16. The molecule has 0 N–H and O–H groups in total. The first-order valence-corrected chi connectivity index (χ1v) is 9.71. The first kappa shape index (κ1) is 19.0. The molecule has 0 fully saturated rings. The third kappa shape index (κ3) is 4.71. The maximum Gasteiger partial charge on any atom is 0.191 e.